The first-order valence-electron chi connectivity index (χ1n) is 6.50. The summed E-state index contributed by atoms with van der Waals surface area (Å²) < 4.78 is 33.7. The minimum atomic E-state index is -0.654. The van der Waals surface area contributed by atoms with Crippen molar-refractivity contribution in [3.63, 3.8) is 0 Å². The maximum Gasteiger partial charge on any atom is 0.255 e. The second kappa shape index (κ2) is 5.43. The summed E-state index contributed by atoms with van der Waals surface area (Å²) in [5.74, 6) is -0.846. The first-order valence-corrected chi connectivity index (χ1v) is 6.50. The zero-order chi connectivity index (χ0) is 14.8. The molecule has 0 aliphatic carbocycles. The predicted octanol–water partition coefficient (Wildman–Crippen LogP) is 3.15. The summed E-state index contributed by atoms with van der Waals surface area (Å²) in [6, 6.07) is 4.67. The molecule has 2 aromatic heterocycles. The topological polar surface area (TPSA) is 52.3 Å². The van der Waals surface area contributed by atoms with E-state index in [2.05, 4.69) is 15.1 Å². The normalized spacial score (nSPS) is 11.0. The van der Waals surface area contributed by atoms with Crippen LogP contribution in [0.2, 0.25) is 0 Å². The number of rotatable bonds is 4. The molecule has 0 fully saturated rings. The maximum atomic E-state index is 13.7. The van der Waals surface area contributed by atoms with Gasteiger partial charge in [-0.25, -0.2) is 13.8 Å². The molecule has 0 aliphatic rings. The van der Waals surface area contributed by atoms with E-state index < -0.39 is 11.6 Å². The summed E-state index contributed by atoms with van der Waals surface area (Å²) in [5, 5.41) is 3.97. The third-order valence-electron chi connectivity index (χ3n) is 2.89. The minimum absolute atomic E-state index is 0.208. The fourth-order valence-electron chi connectivity index (χ4n) is 1.96. The van der Waals surface area contributed by atoms with Gasteiger partial charge in [-0.05, 0) is 18.6 Å². The highest BCUT2D eigenvalue weighted by Gasteiger charge is 2.12. The Bertz CT molecular complexity index is 788. The van der Waals surface area contributed by atoms with Crippen molar-refractivity contribution < 1.29 is 13.5 Å². The Balaban J connectivity index is 2.06. The van der Waals surface area contributed by atoms with E-state index in [0.29, 0.717) is 5.78 Å². The third kappa shape index (κ3) is 2.67. The van der Waals surface area contributed by atoms with E-state index in [0.717, 1.165) is 36.7 Å². The monoisotopic (exact) mass is 290 g/mol. The number of hydrogen-bond donors (Lipinski definition) is 0. The molecule has 0 aliphatic heterocycles. The van der Waals surface area contributed by atoms with Gasteiger partial charge in [0.15, 0.2) is 11.6 Å². The quantitative estimate of drug-likeness (QED) is 0.740. The van der Waals surface area contributed by atoms with E-state index in [-0.39, 0.29) is 11.6 Å². The standard InChI is InChI=1S/C14H12F2N4O/c1-2-3-10-7-13(20-14(19-10)17-8-18-20)21-12-6-9(15)4-5-11(12)16/h4-8H,2-3H2,1H3. The van der Waals surface area contributed by atoms with Crippen molar-refractivity contribution in [1.29, 1.82) is 0 Å². The summed E-state index contributed by atoms with van der Waals surface area (Å²) in [7, 11) is 0. The number of aryl methyl sites for hydroxylation is 1. The van der Waals surface area contributed by atoms with E-state index in [1.165, 1.54) is 10.8 Å². The lowest BCUT2D eigenvalue weighted by molar-refractivity contribution is 0.409. The highest BCUT2D eigenvalue weighted by atomic mass is 19.1. The van der Waals surface area contributed by atoms with Crippen LogP contribution in [0.1, 0.15) is 19.0 Å². The molecule has 0 radical (unpaired) electrons. The van der Waals surface area contributed by atoms with Gasteiger partial charge in [-0.15, -0.1) is 0 Å². The smallest absolute Gasteiger partial charge is 0.255 e. The fraction of sp³-hybridized carbons (Fsp3) is 0.214. The molecule has 2 heterocycles. The molecule has 7 heteroatoms. The van der Waals surface area contributed by atoms with Crippen LogP contribution >= 0.6 is 0 Å². The van der Waals surface area contributed by atoms with Gasteiger partial charge >= 0.3 is 0 Å². The van der Waals surface area contributed by atoms with Crippen LogP contribution in [0.25, 0.3) is 5.78 Å². The number of benzene rings is 1. The summed E-state index contributed by atoms with van der Waals surface area (Å²) in [4.78, 5) is 8.31. The molecule has 0 unspecified atom stereocenters. The van der Waals surface area contributed by atoms with Crippen LogP contribution in [0.3, 0.4) is 0 Å². The Morgan fingerprint density at radius 3 is 2.90 bits per heavy atom. The Morgan fingerprint density at radius 1 is 1.24 bits per heavy atom. The lowest BCUT2D eigenvalue weighted by Crippen LogP contribution is -2.02. The number of fused-ring (bicyclic) bond motifs is 1. The minimum Gasteiger partial charge on any atom is -0.436 e. The highest BCUT2D eigenvalue weighted by Crippen LogP contribution is 2.25. The summed E-state index contributed by atoms with van der Waals surface area (Å²) >= 11 is 0. The van der Waals surface area contributed by atoms with Crippen molar-refractivity contribution >= 4 is 5.78 Å². The number of halogens is 2. The average molecular weight is 290 g/mol. The molecular weight excluding hydrogens is 278 g/mol. The second-order valence-electron chi connectivity index (χ2n) is 4.48. The molecule has 0 saturated carbocycles. The zero-order valence-corrected chi connectivity index (χ0v) is 11.3. The van der Waals surface area contributed by atoms with Gasteiger partial charge in [-0.2, -0.15) is 14.6 Å². The van der Waals surface area contributed by atoms with Crippen molar-refractivity contribution in [2.24, 2.45) is 0 Å². The van der Waals surface area contributed by atoms with E-state index in [9.17, 15) is 8.78 Å². The molecule has 0 bridgehead atoms. The van der Waals surface area contributed by atoms with E-state index >= 15 is 0 Å². The largest absolute Gasteiger partial charge is 0.436 e. The van der Waals surface area contributed by atoms with Crippen molar-refractivity contribution in [2.75, 3.05) is 0 Å². The van der Waals surface area contributed by atoms with Crippen LogP contribution < -0.4 is 4.74 Å². The van der Waals surface area contributed by atoms with Crippen molar-refractivity contribution in [3.05, 3.63) is 47.9 Å². The van der Waals surface area contributed by atoms with Crippen molar-refractivity contribution in [3.8, 4) is 11.6 Å². The Hall–Kier alpha value is -2.57. The van der Waals surface area contributed by atoms with Gasteiger partial charge in [0.05, 0.1) is 0 Å². The van der Waals surface area contributed by atoms with Crippen molar-refractivity contribution in [2.45, 2.75) is 19.8 Å². The van der Waals surface area contributed by atoms with Crippen LogP contribution in [0.4, 0.5) is 8.78 Å². The molecule has 108 valence electrons. The van der Waals surface area contributed by atoms with Gasteiger partial charge in [0.2, 0.25) is 5.88 Å². The summed E-state index contributed by atoms with van der Waals surface area (Å²) in [6.07, 6.45) is 2.95. The van der Waals surface area contributed by atoms with Gasteiger partial charge < -0.3 is 4.74 Å². The molecule has 0 atom stereocenters. The van der Waals surface area contributed by atoms with Crippen LogP contribution in [0.15, 0.2) is 30.6 Å². The van der Waals surface area contributed by atoms with Crippen LogP contribution in [-0.2, 0) is 6.42 Å². The van der Waals surface area contributed by atoms with Gasteiger partial charge in [0.25, 0.3) is 5.78 Å². The third-order valence-corrected chi connectivity index (χ3v) is 2.89. The molecular formula is C14H12F2N4O. The van der Waals surface area contributed by atoms with Gasteiger partial charge in [0.1, 0.15) is 12.1 Å². The van der Waals surface area contributed by atoms with Crippen LogP contribution in [0.5, 0.6) is 11.6 Å². The summed E-state index contributed by atoms with van der Waals surface area (Å²) in [5.41, 5.74) is 0.754. The lowest BCUT2D eigenvalue weighted by atomic mass is 10.2. The molecule has 0 spiro atoms. The first kappa shape index (κ1) is 13.4. The molecule has 1 aromatic carbocycles. The molecule has 21 heavy (non-hydrogen) atoms. The second-order valence-corrected chi connectivity index (χ2v) is 4.48. The molecule has 0 N–H and O–H groups in total. The van der Waals surface area contributed by atoms with E-state index in [1.54, 1.807) is 6.07 Å². The SMILES string of the molecule is CCCc1cc(Oc2cc(F)ccc2F)n2ncnc2n1. The Kier molecular flexibility index (Phi) is 3.47. The number of aromatic nitrogens is 4. The zero-order valence-electron chi connectivity index (χ0n) is 11.3. The van der Waals surface area contributed by atoms with Crippen LogP contribution in [-0.4, -0.2) is 19.6 Å². The molecule has 3 rings (SSSR count). The van der Waals surface area contributed by atoms with Crippen molar-refractivity contribution in [1.82, 2.24) is 19.6 Å². The highest BCUT2D eigenvalue weighted by molar-refractivity contribution is 5.36. The lowest BCUT2D eigenvalue weighted by Gasteiger charge is -2.09. The van der Waals surface area contributed by atoms with Gasteiger partial charge in [0, 0.05) is 17.8 Å². The first-order chi connectivity index (χ1) is 10.2. The van der Waals surface area contributed by atoms with E-state index in [4.69, 9.17) is 4.74 Å². The molecule has 0 amide bonds. The van der Waals surface area contributed by atoms with Gasteiger partial charge in [-0.3, -0.25) is 0 Å². The fourth-order valence-corrected chi connectivity index (χ4v) is 1.96. The summed E-state index contributed by atoms with van der Waals surface area (Å²) in [6.45, 7) is 2.02. The van der Waals surface area contributed by atoms with Crippen LogP contribution in [0, 0.1) is 11.6 Å². The number of nitrogens with zero attached hydrogens (tertiary/aromatic N) is 4. The predicted molar refractivity (Wildman–Crippen MR) is 71.2 cm³/mol. The Morgan fingerprint density at radius 2 is 2.10 bits per heavy atom. The number of hydrogen-bond acceptors (Lipinski definition) is 4. The van der Waals surface area contributed by atoms with E-state index in [1.807, 2.05) is 6.92 Å². The van der Waals surface area contributed by atoms with Gasteiger partial charge in [-0.1, -0.05) is 13.3 Å². The molecule has 0 saturated heterocycles. The number of ether oxygens (including phenoxy) is 1. The average Bonchev–Trinajstić information content (AvgIpc) is 2.92. The molecule has 3 aromatic rings. The molecule has 5 nitrogen and oxygen atoms in total. The Labute approximate surface area is 119 Å². The maximum absolute atomic E-state index is 13.7.